The van der Waals surface area contributed by atoms with Crippen molar-refractivity contribution < 1.29 is 18.8 Å². The van der Waals surface area contributed by atoms with E-state index in [0.29, 0.717) is 18.1 Å². The zero-order valence-electron chi connectivity index (χ0n) is 16.7. The first kappa shape index (κ1) is 19.7. The monoisotopic (exact) mass is 369 g/mol. The Balaban J connectivity index is 1.78. The summed E-state index contributed by atoms with van der Waals surface area (Å²) in [4.78, 5) is 0. The second-order valence-corrected chi connectivity index (χ2v) is 7.84. The van der Waals surface area contributed by atoms with E-state index >= 15 is 0 Å². The summed E-state index contributed by atoms with van der Waals surface area (Å²) in [5, 5.41) is 0. The first-order chi connectivity index (χ1) is 12.7. The minimum atomic E-state index is -0.523. The van der Waals surface area contributed by atoms with E-state index in [1.807, 2.05) is 76.2 Å². The molecule has 3 rings (SSSR count). The molecular formula is C21H28BNO4. The van der Waals surface area contributed by atoms with Crippen molar-refractivity contribution in [3.8, 4) is 11.5 Å². The summed E-state index contributed by atoms with van der Waals surface area (Å²) in [5.41, 5.74) is 7.58. The minimum absolute atomic E-state index is 0.422. The number of ether oxygens (including phenoxy) is 2. The van der Waals surface area contributed by atoms with Crippen LogP contribution in [0.25, 0.3) is 0 Å². The molecule has 2 N–H and O–H groups in total. The topological polar surface area (TPSA) is 62.9 Å². The number of hydrogen-bond acceptors (Lipinski definition) is 5. The van der Waals surface area contributed by atoms with E-state index in [1.54, 1.807) is 7.11 Å². The van der Waals surface area contributed by atoms with Crippen molar-refractivity contribution in [2.75, 3.05) is 7.11 Å². The molecule has 5 nitrogen and oxygen atoms in total. The number of benzene rings is 2. The molecule has 0 saturated carbocycles. The molecule has 1 saturated heterocycles. The lowest BCUT2D eigenvalue weighted by atomic mass is 9.75. The van der Waals surface area contributed by atoms with Crippen molar-refractivity contribution in [2.45, 2.75) is 51.4 Å². The van der Waals surface area contributed by atoms with Crippen LogP contribution in [0.1, 0.15) is 44.8 Å². The normalized spacial score (nSPS) is 19.0. The summed E-state index contributed by atoms with van der Waals surface area (Å²) in [6.45, 7) is 8.51. The fourth-order valence-electron chi connectivity index (χ4n) is 2.94. The van der Waals surface area contributed by atoms with Gasteiger partial charge in [-0.15, -0.1) is 0 Å². The second-order valence-electron chi connectivity index (χ2n) is 7.84. The lowest BCUT2D eigenvalue weighted by molar-refractivity contribution is 0.00578. The Bertz CT molecular complexity index is 763. The maximum Gasteiger partial charge on any atom is 0.480 e. The molecule has 1 aliphatic rings. The summed E-state index contributed by atoms with van der Waals surface area (Å²) in [5.74, 6) is 0.873. The van der Waals surface area contributed by atoms with Crippen molar-refractivity contribution in [1.29, 1.82) is 0 Å². The van der Waals surface area contributed by atoms with Crippen molar-refractivity contribution in [3.05, 3.63) is 59.7 Å². The van der Waals surface area contributed by atoms with E-state index in [0.717, 1.165) is 11.1 Å². The van der Waals surface area contributed by atoms with Crippen LogP contribution in [0.15, 0.2) is 48.5 Å². The molecule has 1 heterocycles. The van der Waals surface area contributed by atoms with Gasteiger partial charge in [-0.05, 0) is 51.0 Å². The standard InChI is InChI=1S/C21H28BNO4/c1-20(2)21(3,4)27-22(26-20)19(23)16-11-12-17(24-5)18(13-16)25-14-15-9-7-6-8-10-15/h6-13,19H,14,23H2,1-5H3/t19-/m0/s1. The fraction of sp³-hybridized carbons (Fsp3) is 0.429. The third-order valence-corrected chi connectivity index (χ3v) is 5.37. The Hall–Kier alpha value is -2.02. The Morgan fingerprint density at radius 1 is 0.963 bits per heavy atom. The molecule has 0 unspecified atom stereocenters. The number of rotatable bonds is 6. The van der Waals surface area contributed by atoms with Crippen LogP contribution < -0.4 is 15.2 Å². The Morgan fingerprint density at radius 2 is 1.59 bits per heavy atom. The molecule has 0 radical (unpaired) electrons. The van der Waals surface area contributed by atoms with E-state index in [2.05, 4.69) is 0 Å². The molecule has 2 aromatic carbocycles. The lowest BCUT2D eigenvalue weighted by Gasteiger charge is -2.32. The van der Waals surface area contributed by atoms with Crippen LogP contribution in [0.2, 0.25) is 0 Å². The van der Waals surface area contributed by atoms with Gasteiger partial charge >= 0.3 is 7.12 Å². The molecule has 27 heavy (non-hydrogen) atoms. The fourth-order valence-corrected chi connectivity index (χ4v) is 2.94. The smallest absolute Gasteiger partial charge is 0.480 e. The molecule has 144 valence electrons. The summed E-state index contributed by atoms with van der Waals surface area (Å²) >= 11 is 0. The summed E-state index contributed by atoms with van der Waals surface area (Å²) in [6.07, 6.45) is 0. The van der Waals surface area contributed by atoms with Crippen molar-refractivity contribution in [3.63, 3.8) is 0 Å². The first-order valence-electron chi connectivity index (χ1n) is 9.19. The van der Waals surface area contributed by atoms with Crippen LogP contribution >= 0.6 is 0 Å². The average Bonchev–Trinajstić information content (AvgIpc) is 2.87. The number of hydrogen-bond donors (Lipinski definition) is 1. The van der Waals surface area contributed by atoms with Crippen LogP contribution in [0, 0.1) is 0 Å². The van der Waals surface area contributed by atoms with E-state index < -0.39 is 24.3 Å². The summed E-state index contributed by atoms with van der Waals surface area (Å²) in [6, 6.07) is 15.7. The van der Waals surface area contributed by atoms with Crippen molar-refractivity contribution >= 4 is 7.12 Å². The van der Waals surface area contributed by atoms with Crippen LogP contribution in [0.3, 0.4) is 0 Å². The Morgan fingerprint density at radius 3 is 2.19 bits per heavy atom. The highest BCUT2D eigenvalue weighted by Gasteiger charge is 2.53. The minimum Gasteiger partial charge on any atom is -0.493 e. The predicted octanol–water partition coefficient (Wildman–Crippen LogP) is 3.91. The SMILES string of the molecule is COc1ccc([C@H](N)B2OC(C)(C)C(C)(C)O2)cc1OCc1ccccc1. The highest BCUT2D eigenvalue weighted by molar-refractivity contribution is 6.47. The first-order valence-corrected chi connectivity index (χ1v) is 9.19. The van der Waals surface area contributed by atoms with E-state index in [-0.39, 0.29) is 0 Å². The summed E-state index contributed by atoms with van der Waals surface area (Å²) < 4.78 is 23.6. The van der Waals surface area contributed by atoms with Crippen LogP contribution in [0.5, 0.6) is 11.5 Å². The van der Waals surface area contributed by atoms with Crippen molar-refractivity contribution in [2.24, 2.45) is 5.73 Å². The van der Waals surface area contributed by atoms with Gasteiger partial charge in [-0.25, -0.2) is 0 Å². The summed E-state index contributed by atoms with van der Waals surface area (Å²) in [7, 11) is 1.10. The number of nitrogens with two attached hydrogens (primary N) is 1. The molecular weight excluding hydrogens is 341 g/mol. The maximum atomic E-state index is 6.46. The number of methoxy groups -OCH3 is 1. The van der Waals surface area contributed by atoms with Gasteiger partial charge in [0.25, 0.3) is 0 Å². The van der Waals surface area contributed by atoms with Crippen LogP contribution in [-0.4, -0.2) is 25.4 Å². The van der Waals surface area contributed by atoms with Crippen molar-refractivity contribution in [1.82, 2.24) is 0 Å². The molecule has 1 atom stereocenters. The largest absolute Gasteiger partial charge is 0.493 e. The van der Waals surface area contributed by atoms with Crippen LogP contribution in [-0.2, 0) is 15.9 Å². The molecule has 1 aliphatic heterocycles. The molecule has 0 amide bonds. The molecule has 0 aliphatic carbocycles. The van der Waals surface area contributed by atoms with Gasteiger partial charge in [0.2, 0.25) is 0 Å². The molecule has 1 fully saturated rings. The van der Waals surface area contributed by atoms with E-state index in [9.17, 15) is 0 Å². The van der Waals surface area contributed by atoms with E-state index in [4.69, 9.17) is 24.5 Å². The third kappa shape index (κ3) is 4.13. The van der Waals surface area contributed by atoms with Crippen LogP contribution in [0.4, 0.5) is 0 Å². The van der Waals surface area contributed by atoms with Gasteiger partial charge in [0.15, 0.2) is 11.5 Å². The van der Waals surface area contributed by atoms with Gasteiger partial charge in [0.1, 0.15) is 6.61 Å². The zero-order chi connectivity index (χ0) is 19.7. The van der Waals surface area contributed by atoms with E-state index in [1.165, 1.54) is 0 Å². The van der Waals surface area contributed by atoms with Gasteiger partial charge < -0.3 is 24.5 Å². The highest BCUT2D eigenvalue weighted by atomic mass is 16.7. The van der Waals surface area contributed by atoms with Gasteiger partial charge in [0, 0.05) is 0 Å². The maximum absolute atomic E-state index is 6.46. The molecule has 0 spiro atoms. The second kappa shape index (κ2) is 7.54. The zero-order valence-corrected chi connectivity index (χ0v) is 16.7. The average molecular weight is 369 g/mol. The van der Waals surface area contributed by atoms with Gasteiger partial charge in [-0.3, -0.25) is 0 Å². The van der Waals surface area contributed by atoms with Gasteiger partial charge in [0.05, 0.1) is 24.3 Å². The predicted molar refractivity (Wildman–Crippen MR) is 107 cm³/mol. The van der Waals surface area contributed by atoms with Gasteiger partial charge in [-0.1, -0.05) is 36.4 Å². The molecule has 6 heteroatoms. The quantitative estimate of drug-likeness (QED) is 0.783. The lowest BCUT2D eigenvalue weighted by Crippen LogP contribution is -2.41. The Labute approximate surface area is 161 Å². The third-order valence-electron chi connectivity index (χ3n) is 5.37. The van der Waals surface area contributed by atoms with Gasteiger partial charge in [-0.2, -0.15) is 0 Å². The Kier molecular flexibility index (Phi) is 5.51. The molecule has 0 aromatic heterocycles. The molecule has 0 bridgehead atoms. The molecule has 2 aromatic rings. The highest BCUT2D eigenvalue weighted by Crippen LogP contribution is 2.40.